The van der Waals surface area contributed by atoms with Crippen LogP contribution in [0.1, 0.15) is 29.8 Å². The van der Waals surface area contributed by atoms with Crippen molar-refractivity contribution in [3.05, 3.63) is 18.0 Å². The summed E-state index contributed by atoms with van der Waals surface area (Å²) in [6.45, 7) is 4.01. The molecule has 1 amide bonds. The number of nitrogens with zero attached hydrogens (tertiary/aromatic N) is 3. The minimum atomic E-state index is -0.365. The Hall–Kier alpha value is -1.77. The first-order valence-corrected chi connectivity index (χ1v) is 8.91. The SMILES string of the molecule is O=C(N[C@@H]1C[C@@H](O)C12CCOCC2)c1ccnc(N2CCOCC2)n1. The summed E-state index contributed by atoms with van der Waals surface area (Å²) in [5.41, 5.74) is 0.119. The van der Waals surface area contributed by atoms with Crippen molar-refractivity contribution in [1.82, 2.24) is 15.3 Å². The summed E-state index contributed by atoms with van der Waals surface area (Å²) in [5, 5.41) is 13.3. The molecule has 1 saturated carbocycles. The van der Waals surface area contributed by atoms with Crippen LogP contribution in [0.25, 0.3) is 0 Å². The number of ether oxygens (including phenoxy) is 2. The Morgan fingerprint density at radius 2 is 1.96 bits per heavy atom. The Bertz CT molecular complexity index is 629. The van der Waals surface area contributed by atoms with E-state index in [2.05, 4.69) is 15.3 Å². The van der Waals surface area contributed by atoms with E-state index in [1.54, 1.807) is 12.3 Å². The van der Waals surface area contributed by atoms with Crippen molar-refractivity contribution in [2.24, 2.45) is 5.41 Å². The molecule has 3 aliphatic rings. The van der Waals surface area contributed by atoms with E-state index in [9.17, 15) is 9.90 Å². The lowest BCUT2D eigenvalue weighted by Crippen LogP contribution is -2.65. The molecule has 136 valence electrons. The molecule has 8 heteroatoms. The highest BCUT2D eigenvalue weighted by molar-refractivity contribution is 5.92. The number of aliphatic hydroxyl groups is 1. The summed E-state index contributed by atoms with van der Waals surface area (Å²) in [5.74, 6) is 0.352. The number of morpholine rings is 1. The van der Waals surface area contributed by atoms with Crippen molar-refractivity contribution in [2.45, 2.75) is 31.4 Å². The maximum Gasteiger partial charge on any atom is 0.270 e. The lowest BCUT2D eigenvalue weighted by atomic mass is 9.58. The highest BCUT2D eigenvalue weighted by atomic mass is 16.5. The Morgan fingerprint density at radius 3 is 2.68 bits per heavy atom. The molecule has 2 N–H and O–H groups in total. The van der Waals surface area contributed by atoms with E-state index in [0.717, 1.165) is 25.9 Å². The summed E-state index contributed by atoms with van der Waals surface area (Å²) < 4.78 is 10.7. The monoisotopic (exact) mass is 348 g/mol. The van der Waals surface area contributed by atoms with Gasteiger partial charge in [0.25, 0.3) is 5.91 Å². The topological polar surface area (TPSA) is 96.8 Å². The smallest absolute Gasteiger partial charge is 0.270 e. The third-order valence-electron chi connectivity index (χ3n) is 5.72. The molecule has 0 bridgehead atoms. The van der Waals surface area contributed by atoms with Gasteiger partial charge in [-0.1, -0.05) is 0 Å². The lowest BCUT2D eigenvalue weighted by molar-refractivity contribution is -0.145. The van der Waals surface area contributed by atoms with Crippen LogP contribution in [0.3, 0.4) is 0 Å². The number of hydrogen-bond acceptors (Lipinski definition) is 7. The lowest BCUT2D eigenvalue weighted by Gasteiger charge is -2.55. The molecule has 4 rings (SSSR count). The second-order valence-corrected chi connectivity index (χ2v) is 6.96. The van der Waals surface area contributed by atoms with Crippen molar-refractivity contribution >= 4 is 11.9 Å². The molecule has 2 aliphatic heterocycles. The number of carbonyl (C=O) groups excluding carboxylic acids is 1. The van der Waals surface area contributed by atoms with Crippen LogP contribution in [0.15, 0.2) is 12.3 Å². The maximum atomic E-state index is 12.7. The van der Waals surface area contributed by atoms with Crippen molar-refractivity contribution in [1.29, 1.82) is 0 Å². The first-order chi connectivity index (χ1) is 12.2. The van der Waals surface area contributed by atoms with Crippen LogP contribution in [0, 0.1) is 5.41 Å². The Balaban J connectivity index is 1.44. The standard InChI is InChI=1S/C17H24N4O4/c22-14-11-13(17(14)2-7-24-8-3-17)20-15(23)12-1-4-18-16(19-12)21-5-9-25-10-6-21/h1,4,13-14,22H,2-3,5-11H2,(H,20,23)/t13-,14-/m1/s1. The normalized spacial score (nSPS) is 28.4. The van der Waals surface area contributed by atoms with Crippen LogP contribution < -0.4 is 10.2 Å². The van der Waals surface area contributed by atoms with E-state index in [-0.39, 0.29) is 23.5 Å². The minimum absolute atomic E-state index is 0.0271. The molecule has 0 unspecified atom stereocenters. The quantitative estimate of drug-likeness (QED) is 0.792. The van der Waals surface area contributed by atoms with Gasteiger partial charge in [0.05, 0.1) is 19.3 Å². The van der Waals surface area contributed by atoms with E-state index < -0.39 is 0 Å². The molecule has 0 aromatic carbocycles. The number of aliphatic hydroxyl groups excluding tert-OH is 1. The van der Waals surface area contributed by atoms with Gasteiger partial charge in [-0.2, -0.15) is 0 Å². The number of amides is 1. The zero-order chi connectivity index (χ0) is 17.3. The van der Waals surface area contributed by atoms with Crippen molar-refractivity contribution in [3.63, 3.8) is 0 Å². The molecule has 8 nitrogen and oxygen atoms in total. The van der Waals surface area contributed by atoms with Crippen LogP contribution in [0.2, 0.25) is 0 Å². The molecule has 1 spiro atoms. The van der Waals surface area contributed by atoms with Crippen molar-refractivity contribution < 1.29 is 19.4 Å². The largest absolute Gasteiger partial charge is 0.392 e. The van der Waals surface area contributed by atoms with Crippen LogP contribution in [-0.2, 0) is 9.47 Å². The summed E-state index contributed by atoms with van der Waals surface area (Å²) in [6.07, 6.45) is 3.40. The fourth-order valence-corrected chi connectivity index (χ4v) is 4.02. The highest BCUT2D eigenvalue weighted by Gasteiger charge is 2.55. The Labute approximate surface area is 146 Å². The fourth-order valence-electron chi connectivity index (χ4n) is 4.02. The van der Waals surface area contributed by atoms with Crippen molar-refractivity contribution in [2.75, 3.05) is 44.4 Å². The van der Waals surface area contributed by atoms with E-state index in [1.807, 2.05) is 4.90 Å². The first kappa shape index (κ1) is 16.7. The van der Waals surface area contributed by atoms with E-state index >= 15 is 0 Å². The minimum Gasteiger partial charge on any atom is -0.392 e. The molecule has 25 heavy (non-hydrogen) atoms. The van der Waals surface area contributed by atoms with Crippen molar-refractivity contribution in [3.8, 4) is 0 Å². The highest BCUT2D eigenvalue weighted by Crippen LogP contribution is 2.49. The molecule has 3 heterocycles. The van der Waals surface area contributed by atoms with Crippen LogP contribution >= 0.6 is 0 Å². The molecule has 1 aromatic rings. The van der Waals surface area contributed by atoms with Crippen LogP contribution in [-0.4, -0.2) is 72.6 Å². The summed E-state index contributed by atoms with van der Waals surface area (Å²) >= 11 is 0. The number of nitrogens with one attached hydrogen (secondary N) is 1. The van der Waals surface area contributed by atoms with E-state index in [1.165, 1.54) is 0 Å². The van der Waals surface area contributed by atoms with Gasteiger partial charge in [0.2, 0.25) is 5.95 Å². The number of carbonyl (C=O) groups is 1. The van der Waals surface area contributed by atoms with Gasteiger partial charge in [0.1, 0.15) is 5.69 Å². The van der Waals surface area contributed by atoms with Gasteiger partial charge in [-0.15, -0.1) is 0 Å². The number of rotatable bonds is 3. The number of aromatic nitrogens is 2. The predicted octanol–water partition coefficient (Wildman–Crippen LogP) is -0.0270. The molecule has 1 aliphatic carbocycles. The predicted molar refractivity (Wildman–Crippen MR) is 89.4 cm³/mol. The Kier molecular flexibility index (Phi) is 4.58. The van der Waals surface area contributed by atoms with Gasteiger partial charge in [-0.05, 0) is 25.3 Å². The van der Waals surface area contributed by atoms with Gasteiger partial charge < -0.3 is 24.8 Å². The summed E-state index contributed by atoms with van der Waals surface area (Å²) in [4.78, 5) is 23.4. The van der Waals surface area contributed by atoms with Crippen LogP contribution in [0.5, 0.6) is 0 Å². The summed E-state index contributed by atoms with van der Waals surface area (Å²) in [7, 11) is 0. The molecule has 3 fully saturated rings. The van der Waals surface area contributed by atoms with E-state index in [4.69, 9.17) is 9.47 Å². The van der Waals surface area contributed by atoms with Gasteiger partial charge in [0, 0.05) is 44.0 Å². The van der Waals surface area contributed by atoms with E-state index in [0.29, 0.717) is 44.5 Å². The fraction of sp³-hybridized carbons (Fsp3) is 0.706. The third kappa shape index (κ3) is 3.09. The first-order valence-electron chi connectivity index (χ1n) is 8.91. The zero-order valence-corrected chi connectivity index (χ0v) is 14.2. The number of anilines is 1. The molecule has 2 saturated heterocycles. The average Bonchev–Trinajstić information content (AvgIpc) is 2.69. The maximum absolute atomic E-state index is 12.7. The van der Waals surface area contributed by atoms with Gasteiger partial charge >= 0.3 is 0 Å². The molecule has 2 atom stereocenters. The molecule has 0 radical (unpaired) electrons. The third-order valence-corrected chi connectivity index (χ3v) is 5.72. The molecular formula is C17H24N4O4. The van der Waals surface area contributed by atoms with Gasteiger partial charge in [0.15, 0.2) is 0 Å². The molecule has 1 aromatic heterocycles. The zero-order valence-electron chi connectivity index (χ0n) is 14.2. The Morgan fingerprint density at radius 1 is 1.24 bits per heavy atom. The number of hydrogen-bond donors (Lipinski definition) is 2. The van der Waals surface area contributed by atoms with Gasteiger partial charge in [-0.3, -0.25) is 4.79 Å². The second kappa shape index (κ2) is 6.86. The average molecular weight is 348 g/mol. The van der Waals surface area contributed by atoms with Crippen LogP contribution in [0.4, 0.5) is 5.95 Å². The van der Waals surface area contributed by atoms with Gasteiger partial charge in [-0.25, -0.2) is 9.97 Å². The molecular weight excluding hydrogens is 324 g/mol. The second-order valence-electron chi connectivity index (χ2n) is 6.96. The summed E-state index contributed by atoms with van der Waals surface area (Å²) in [6, 6.07) is 1.60.